The fraction of sp³-hybridized carbons (Fsp3) is 0.200. The number of hydrogen-bond acceptors (Lipinski definition) is 3. The topological polar surface area (TPSA) is 49.4 Å². The van der Waals surface area contributed by atoms with E-state index in [1.807, 2.05) is 18.2 Å². The maximum absolute atomic E-state index is 14.1. The Hall–Kier alpha value is -2.80. The van der Waals surface area contributed by atoms with Crippen LogP contribution in [0.1, 0.15) is 22.6 Å². The maximum Gasteiger partial charge on any atom is 0.246 e. The van der Waals surface area contributed by atoms with E-state index in [-0.39, 0.29) is 22.9 Å². The molecule has 2 bridgehead atoms. The molecule has 0 aliphatic carbocycles. The van der Waals surface area contributed by atoms with E-state index < -0.39 is 15.8 Å². The van der Waals surface area contributed by atoms with Gasteiger partial charge < -0.3 is 5.32 Å². The molecular weight excluding hydrogens is 411 g/mol. The summed E-state index contributed by atoms with van der Waals surface area (Å²) in [4.78, 5) is -0.248. The summed E-state index contributed by atoms with van der Waals surface area (Å²) < 4.78 is 41.3. The first-order valence-corrected chi connectivity index (χ1v) is 11.8. The van der Waals surface area contributed by atoms with Crippen LogP contribution in [0.25, 0.3) is 12.2 Å². The molecule has 6 rings (SSSR count). The number of nitrogens with zero attached hydrogens (tertiary/aromatic N) is 1. The largest absolute Gasteiger partial charge is 0.307 e. The molecule has 3 aromatic rings. The molecule has 3 fully saturated rings. The molecule has 0 saturated carbocycles. The third-order valence-electron chi connectivity index (χ3n) is 6.14. The number of piperidine rings is 1. The summed E-state index contributed by atoms with van der Waals surface area (Å²) in [7, 11) is -3.83. The molecule has 3 aliphatic heterocycles. The van der Waals surface area contributed by atoms with Gasteiger partial charge in [0.1, 0.15) is 10.7 Å². The number of piperazine rings is 1. The lowest BCUT2D eigenvalue weighted by Crippen LogP contribution is -2.72. The van der Waals surface area contributed by atoms with Crippen molar-refractivity contribution in [3.8, 4) is 0 Å². The first-order chi connectivity index (χ1) is 15.0. The van der Waals surface area contributed by atoms with Crippen LogP contribution in [0.15, 0.2) is 83.8 Å². The Morgan fingerprint density at radius 2 is 1.39 bits per heavy atom. The molecule has 4 nitrogen and oxygen atoms in total. The van der Waals surface area contributed by atoms with Gasteiger partial charge in [-0.2, -0.15) is 4.31 Å². The highest BCUT2D eigenvalue weighted by Gasteiger charge is 2.50. The Kier molecular flexibility index (Phi) is 5.22. The van der Waals surface area contributed by atoms with E-state index in [0.717, 1.165) is 11.1 Å². The van der Waals surface area contributed by atoms with Gasteiger partial charge in [-0.25, -0.2) is 12.8 Å². The minimum Gasteiger partial charge on any atom is -0.307 e. The summed E-state index contributed by atoms with van der Waals surface area (Å²) in [6.45, 7) is 0.682. The van der Waals surface area contributed by atoms with Crippen molar-refractivity contribution in [3.05, 3.63) is 101 Å². The fourth-order valence-electron chi connectivity index (χ4n) is 4.53. The molecule has 3 heterocycles. The van der Waals surface area contributed by atoms with Crippen molar-refractivity contribution in [1.29, 1.82) is 0 Å². The molecule has 0 amide bonds. The summed E-state index contributed by atoms with van der Waals surface area (Å²) in [5.41, 5.74) is 3.47. The van der Waals surface area contributed by atoms with Crippen LogP contribution in [0.4, 0.5) is 4.39 Å². The molecule has 3 aromatic carbocycles. The van der Waals surface area contributed by atoms with Gasteiger partial charge in [0.05, 0.1) is 0 Å². The van der Waals surface area contributed by atoms with E-state index in [9.17, 15) is 12.8 Å². The Morgan fingerprint density at radius 1 is 0.806 bits per heavy atom. The van der Waals surface area contributed by atoms with Crippen LogP contribution in [0.5, 0.6) is 0 Å². The second-order valence-corrected chi connectivity index (χ2v) is 9.97. The minimum atomic E-state index is -3.83. The van der Waals surface area contributed by atoms with E-state index in [1.54, 1.807) is 6.07 Å². The van der Waals surface area contributed by atoms with Crippen molar-refractivity contribution in [2.75, 3.05) is 13.1 Å². The highest BCUT2D eigenvalue weighted by Crippen LogP contribution is 2.38. The second kappa shape index (κ2) is 8.04. The highest BCUT2D eigenvalue weighted by atomic mass is 32.2. The van der Waals surface area contributed by atoms with Crippen LogP contribution >= 0.6 is 0 Å². The molecule has 6 heteroatoms. The first kappa shape index (κ1) is 20.1. The summed E-state index contributed by atoms with van der Waals surface area (Å²) >= 11 is 0. The van der Waals surface area contributed by atoms with Crippen molar-refractivity contribution in [2.24, 2.45) is 0 Å². The monoisotopic (exact) mass is 434 g/mol. The van der Waals surface area contributed by atoms with Crippen molar-refractivity contribution in [3.63, 3.8) is 0 Å². The van der Waals surface area contributed by atoms with Gasteiger partial charge in [-0.15, -0.1) is 0 Å². The minimum absolute atomic E-state index is 0.0333. The van der Waals surface area contributed by atoms with Crippen molar-refractivity contribution >= 4 is 22.2 Å². The number of fused-ring (bicyclic) bond motifs is 2. The average Bonchev–Trinajstić information content (AvgIpc) is 2.79. The van der Waals surface area contributed by atoms with Gasteiger partial charge in [-0.1, -0.05) is 78.9 Å². The first-order valence-electron chi connectivity index (χ1n) is 10.4. The Morgan fingerprint density at radius 3 is 2.03 bits per heavy atom. The van der Waals surface area contributed by atoms with Gasteiger partial charge in [0.25, 0.3) is 0 Å². The van der Waals surface area contributed by atoms with Gasteiger partial charge >= 0.3 is 0 Å². The predicted octanol–water partition coefficient (Wildman–Crippen LogP) is 4.12. The van der Waals surface area contributed by atoms with Crippen LogP contribution in [-0.4, -0.2) is 37.9 Å². The Labute approximate surface area is 182 Å². The molecule has 0 spiro atoms. The summed E-state index contributed by atoms with van der Waals surface area (Å²) in [5.74, 6) is -0.440. The molecule has 158 valence electrons. The SMILES string of the molecule is O=S(=O)(c1ccccc1F)N1C[C@@H]2N[C@H](C1)C2c1ccc(/C=C/c2ccccc2)cc1. The number of sulfonamides is 1. The van der Waals surface area contributed by atoms with E-state index in [1.165, 1.54) is 28.1 Å². The third kappa shape index (κ3) is 3.83. The summed E-state index contributed by atoms with van der Waals surface area (Å²) in [5, 5.41) is 3.44. The zero-order valence-electron chi connectivity index (χ0n) is 16.9. The third-order valence-corrected chi connectivity index (χ3v) is 8.00. The molecule has 3 aliphatic rings. The molecule has 3 atom stereocenters. The zero-order chi connectivity index (χ0) is 21.4. The lowest BCUT2D eigenvalue weighted by atomic mass is 9.75. The van der Waals surface area contributed by atoms with Crippen molar-refractivity contribution < 1.29 is 12.8 Å². The second-order valence-electron chi connectivity index (χ2n) is 8.07. The van der Waals surface area contributed by atoms with Gasteiger partial charge in [0, 0.05) is 31.1 Å². The van der Waals surface area contributed by atoms with E-state index in [0.29, 0.717) is 13.1 Å². The van der Waals surface area contributed by atoms with E-state index in [4.69, 9.17) is 0 Å². The number of benzene rings is 3. The van der Waals surface area contributed by atoms with E-state index in [2.05, 4.69) is 53.9 Å². The van der Waals surface area contributed by atoms with Gasteiger partial charge in [-0.3, -0.25) is 0 Å². The maximum atomic E-state index is 14.1. The van der Waals surface area contributed by atoms with Gasteiger partial charge in [0.15, 0.2) is 0 Å². The standard InChI is InChI=1S/C25H23FN2O2S/c26-21-8-4-5-9-24(21)31(29,30)28-16-22-25(23(17-28)27-22)20-14-12-19(13-15-20)11-10-18-6-2-1-3-7-18/h1-15,22-23,25,27H,16-17H2/b11-10+/t22-,23+,25?. The summed E-state index contributed by atoms with van der Waals surface area (Å²) in [6.07, 6.45) is 4.17. The van der Waals surface area contributed by atoms with E-state index >= 15 is 0 Å². The Bertz CT molecular complexity index is 1200. The predicted molar refractivity (Wildman–Crippen MR) is 120 cm³/mol. The van der Waals surface area contributed by atoms with Gasteiger partial charge in [0.2, 0.25) is 10.0 Å². The quantitative estimate of drug-likeness (QED) is 0.615. The van der Waals surface area contributed by atoms with Crippen molar-refractivity contribution in [2.45, 2.75) is 22.9 Å². The van der Waals surface area contributed by atoms with Crippen LogP contribution in [0, 0.1) is 5.82 Å². The number of hydrogen-bond donors (Lipinski definition) is 1. The molecule has 0 aromatic heterocycles. The van der Waals surface area contributed by atoms with Crippen molar-refractivity contribution in [1.82, 2.24) is 9.62 Å². The zero-order valence-corrected chi connectivity index (χ0v) is 17.7. The van der Waals surface area contributed by atoms with Crippen LogP contribution in [0.3, 0.4) is 0 Å². The number of nitrogens with one attached hydrogen (secondary N) is 1. The average molecular weight is 435 g/mol. The molecule has 0 radical (unpaired) electrons. The van der Waals surface area contributed by atoms with Crippen LogP contribution in [-0.2, 0) is 10.0 Å². The lowest BCUT2D eigenvalue weighted by molar-refractivity contribution is 0.101. The Balaban J connectivity index is 1.28. The fourth-order valence-corrected chi connectivity index (χ4v) is 6.09. The van der Waals surface area contributed by atoms with Crippen LogP contribution < -0.4 is 5.32 Å². The highest BCUT2D eigenvalue weighted by molar-refractivity contribution is 7.89. The normalized spacial score (nSPS) is 23.6. The molecule has 3 saturated heterocycles. The molecule has 31 heavy (non-hydrogen) atoms. The summed E-state index contributed by atoms with van der Waals surface area (Å²) in [6, 6.07) is 24.2. The smallest absolute Gasteiger partial charge is 0.246 e. The molecular formula is C25H23FN2O2S. The molecule has 1 N–H and O–H groups in total. The van der Waals surface area contributed by atoms with Crippen LogP contribution in [0.2, 0.25) is 0 Å². The number of rotatable bonds is 5. The van der Waals surface area contributed by atoms with Gasteiger partial charge in [-0.05, 0) is 28.8 Å². The molecule has 1 unspecified atom stereocenters. The number of halogens is 1. The lowest BCUT2D eigenvalue weighted by Gasteiger charge is -2.54.